The summed E-state index contributed by atoms with van der Waals surface area (Å²) in [5, 5.41) is 9.20. The van der Waals surface area contributed by atoms with Crippen molar-refractivity contribution >= 4 is 23.5 Å². The van der Waals surface area contributed by atoms with Crippen molar-refractivity contribution in [2.75, 3.05) is 13.2 Å². The second-order valence-corrected chi connectivity index (χ2v) is 7.72. The Kier molecular flexibility index (Phi) is 7.85. The van der Waals surface area contributed by atoms with E-state index in [1.54, 1.807) is 24.3 Å². The van der Waals surface area contributed by atoms with Gasteiger partial charge in [-0.25, -0.2) is 0 Å². The molecule has 0 atom stereocenters. The van der Waals surface area contributed by atoms with Crippen molar-refractivity contribution < 1.29 is 28.9 Å². The van der Waals surface area contributed by atoms with E-state index in [-0.39, 0.29) is 12.3 Å². The Hall–Kier alpha value is -2.67. The van der Waals surface area contributed by atoms with Crippen LogP contribution in [-0.4, -0.2) is 30.3 Å². The summed E-state index contributed by atoms with van der Waals surface area (Å²) in [6, 6.07) is 14.4. The molecule has 1 aliphatic heterocycles. The minimum absolute atomic E-state index is 0.0950. The Bertz CT molecular complexity index is 947. The molecule has 2 aromatic rings. The average Bonchev–Trinajstić information content (AvgIpc) is 2.74. The van der Waals surface area contributed by atoms with Crippen LogP contribution in [0.3, 0.4) is 0 Å². The first-order valence-corrected chi connectivity index (χ1v) is 10.5. The van der Waals surface area contributed by atoms with Crippen LogP contribution >= 0.6 is 11.6 Å². The van der Waals surface area contributed by atoms with E-state index < -0.39 is 17.7 Å². The molecule has 164 valence electrons. The standard InChI is InChI=1S/C24H25ClO6/c1-17(26)31-22-13-8-6-11-20(22)24(19-10-5-7-12-21(19)25)29-15-18(16-30-24)9-3-2-4-14-23(27)28/h2-3,5-8,10-13,18H,4,9,14-16H2,1H3,(H,27,28)/b3-2-. The van der Waals surface area contributed by atoms with Gasteiger partial charge < -0.3 is 19.3 Å². The molecule has 7 heteroatoms. The number of aliphatic carboxylic acids is 1. The maximum atomic E-state index is 11.6. The SMILES string of the molecule is CC(=O)Oc1ccccc1C1(c2ccccc2Cl)OCC(C/C=C\CCC(=O)O)CO1. The van der Waals surface area contributed by atoms with Gasteiger partial charge in [-0.1, -0.05) is 54.1 Å². The van der Waals surface area contributed by atoms with E-state index in [0.29, 0.717) is 48.0 Å². The van der Waals surface area contributed by atoms with Crippen LogP contribution in [-0.2, 0) is 24.8 Å². The van der Waals surface area contributed by atoms with Crippen molar-refractivity contribution in [1.82, 2.24) is 0 Å². The van der Waals surface area contributed by atoms with E-state index in [2.05, 4.69) is 0 Å². The number of carboxylic acid groups (broad SMARTS) is 1. The van der Waals surface area contributed by atoms with Gasteiger partial charge >= 0.3 is 11.9 Å². The van der Waals surface area contributed by atoms with Crippen molar-refractivity contribution in [1.29, 1.82) is 0 Å². The highest BCUT2D eigenvalue weighted by atomic mass is 35.5. The van der Waals surface area contributed by atoms with E-state index in [9.17, 15) is 9.59 Å². The zero-order valence-corrected chi connectivity index (χ0v) is 18.0. The number of carbonyl (C=O) groups is 2. The number of esters is 1. The average molecular weight is 445 g/mol. The predicted octanol–water partition coefficient (Wildman–Crippen LogP) is 4.94. The Balaban J connectivity index is 1.85. The lowest BCUT2D eigenvalue weighted by atomic mass is 9.93. The third-order valence-corrected chi connectivity index (χ3v) is 5.26. The van der Waals surface area contributed by atoms with Gasteiger partial charge in [-0.3, -0.25) is 9.59 Å². The molecule has 0 aliphatic carbocycles. The highest BCUT2D eigenvalue weighted by Crippen LogP contribution is 2.45. The predicted molar refractivity (Wildman–Crippen MR) is 116 cm³/mol. The van der Waals surface area contributed by atoms with E-state index in [1.165, 1.54) is 6.92 Å². The summed E-state index contributed by atoms with van der Waals surface area (Å²) in [6.07, 6.45) is 5.11. The Labute approximate surface area is 186 Å². The number of para-hydroxylation sites is 1. The number of benzene rings is 2. The molecule has 6 nitrogen and oxygen atoms in total. The number of carbonyl (C=O) groups excluding carboxylic acids is 1. The molecule has 0 bridgehead atoms. The molecule has 1 aliphatic rings. The molecule has 31 heavy (non-hydrogen) atoms. The maximum absolute atomic E-state index is 11.6. The van der Waals surface area contributed by atoms with Gasteiger partial charge in [0.1, 0.15) is 5.75 Å². The summed E-state index contributed by atoms with van der Waals surface area (Å²) in [4.78, 5) is 22.3. The second-order valence-electron chi connectivity index (χ2n) is 7.31. The lowest BCUT2D eigenvalue weighted by molar-refractivity contribution is -0.267. The van der Waals surface area contributed by atoms with Gasteiger partial charge in [-0.05, 0) is 31.0 Å². The number of carboxylic acids is 1. The molecular formula is C24H25ClO6. The molecule has 0 radical (unpaired) electrons. The molecule has 0 amide bonds. The van der Waals surface area contributed by atoms with Gasteiger partial charge in [0.2, 0.25) is 5.79 Å². The first-order valence-electron chi connectivity index (χ1n) is 10.1. The number of allylic oxidation sites excluding steroid dienone is 2. The van der Waals surface area contributed by atoms with Crippen molar-refractivity contribution in [3.63, 3.8) is 0 Å². The van der Waals surface area contributed by atoms with E-state index in [4.69, 9.17) is 30.9 Å². The van der Waals surface area contributed by atoms with Crippen LogP contribution in [0.1, 0.15) is 37.3 Å². The number of halogens is 1. The fraction of sp³-hybridized carbons (Fsp3) is 0.333. The minimum Gasteiger partial charge on any atom is -0.481 e. The summed E-state index contributed by atoms with van der Waals surface area (Å²) < 4.78 is 18.1. The molecule has 1 saturated heterocycles. The van der Waals surface area contributed by atoms with Crippen LogP contribution in [0, 0.1) is 5.92 Å². The van der Waals surface area contributed by atoms with E-state index in [0.717, 1.165) is 0 Å². The van der Waals surface area contributed by atoms with Crippen LogP contribution in [0.4, 0.5) is 0 Å². The molecule has 0 saturated carbocycles. The van der Waals surface area contributed by atoms with Crippen molar-refractivity contribution in [3.8, 4) is 5.75 Å². The van der Waals surface area contributed by atoms with Crippen LogP contribution in [0.5, 0.6) is 5.75 Å². The smallest absolute Gasteiger partial charge is 0.308 e. The first kappa shape index (κ1) is 23.0. The Morgan fingerprint density at radius 2 is 1.74 bits per heavy atom. The fourth-order valence-corrected chi connectivity index (χ4v) is 3.74. The van der Waals surface area contributed by atoms with Gasteiger partial charge in [-0.15, -0.1) is 0 Å². The summed E-state index contributed by atoms with van der Waals surface area (Å²) in [7, 11) is 0. The lowest BCUT2D eigenvalue weighted by Gasteiger charge is -2.41. The monoisotopic (exact) mass is 444 g/mol. The summed E-state index contributed by atoms with van der Waals surface area (Å²) >= 11 is 6.51. The molecular weight excluding hydrogens is 420 g/mol. The van der Waals surface area contributed by atoms with Crippen molar-refractivity contribution in [2.45, 2.75) is 32.0 Å². The van der Waals surface area contributed by atoms with Crippen molar-refractivity contribution in [2.24, 2.45) is 5.92 Å². The summed E-state index contributed by atoms with van der Waals surface area (Å²) in [5.74, 6) is -2.13. The highest BCUT2D eigenvalue weighted by molar-refractivity contribution is 6.31. The molecule has 0 aromatic heterocycles. The Morgan fingerprint density at radius 1 is 1.10 bits per heavy atom. The number of hydrogen-bond acceptors (Lipinski definition) is 5. The largest absolute Gasteiger partial charge is 0.481 e. The molecule has 2 aromatic carbocycles. The Morgan fingerprint density at radius 3 is 2.39 bits per heavy atom. The number of hydrogen-bond donors (Lipinski definition) is 1. The summed E-state index contributed by atoms with van der Waals surface area (Å²) in [5.41, 5.74) is 1.19. The number of ether oxygens (including phenoxy) is 3. The summed E-state index contributed by atoms with van der Waals surface area (Å²) in [6.45, 7) is 2.13. The van der Waals surface area contributed by atoms with E-state index in [1.807, 2.05) is 36.4 Å². The van der Waals surface area contributed by atoms with Gasteiger partial charge in [0.15, 0.2) is 0 Å². The quantitative estimate of drug-likeness (QED) is 0.353. The minimum atomic E-state index is -1.31. The van der Waals surface area contributed by atoms with Crippen molar-refractivity contribution in [3.05, 3.63) is 76.8 Å². The van der Waals surface area contributed by atoms with Gasteiger partial charge in [0, 0.05) is 29.8 Å². The lowest BCUT2D eigenvalue weighted by Crippen LogP contribution is -2.43. The normalized spacial score (nSPS) is 21.2. The van der Waals surface area contributed by atoms with Crippen LogP contribution in [0.2, 0.25) is 5.02 Å². The highest BCUT2D eigenvalue weighted by Gasteiger charge is 2.44. The molecule has 1 N–H and O–H groups in total. The molecule has 1 fully saturated rings. The zero-order chi connectivity index (χ0) is 22.3. The molecule has 1 heterocycles. The third kappa shape index (κ3) is 5.73. The van der Waals surface area contributed by atoms with Crippen LogP contribution in [0.25, 0.3) is 0 Å². The zero-order valence-electron chi connectivity index (χ0n) is 17.3. The van der Waals surface area contributed by atoms with Gasteiger partial charge in [-0.2, -0.15) is 0 Å². The van der Waals surface area contributed by atoms with Crippen LogP contribution < -0.4 is 4.74 Å². The van der Waals surface area contributed by atoms with Gasteiger partial charge in [0.05, 0.1) is 18.8 Å². The van der Waals surface area contributed by atoms with Gasteiger partial charge in [0.25, 0.3) is 0 Å². The maximum Gasteiger partial charge on any atom is 0.308 e. The topological polar surface area (TPSA) is 82.1 Å². The second kappa shape index (κ2) is 10.6. The first-order chi connectivity index (χ1) is 14.9. The number of rotatable bonds is 8. The fourth-order valence-electron chi connectivity index (χ4n) is 3.48. The molecule has 0 spiro atoms. The van der Waals surface area contributed by atoms with E-state index >= 15 is 0 Å². The third-order valence-electron chi connectivity index (χ3n) is 4.93. The van der Waals surface area contributed by atoms with Crippen LogP contribution in [0.15, 0.2) is 60.7 Å². The molecule has 3 rings (SSSR count). The molecule has 0 unspecified atom stereocenters.